The molecule has 3 heterocycles. The second-order valence-corrected chi connectivity index (χ2v) is 14.7. The number of amides is 2. The zero-order valence-corrected chi connectivity index (χ0v) is 29.7. The van der Waals surface area contributed by atoms with Crippen molar-refractivity contribution < 1.29 is 59.1 Å². The Labute approximate surface area is 303 Å². The summed E-state index contributed by atoms with van der Waals surface area (Å²) in [5, 5.41) is 14.3. The maximum atomic E-state index is 13.3. The minimum absolute atomic E-state index is 0.0394. The van der Waals surface area contributed by atoms with Gasteiger partial charge in [0.2, 0.25) is 0 Å². The summed E-state index contributed by atoms with van der Waals surface area (Å²) in [5.74, 6) is -1.88. The van der Waals surface area contributed by atoms with Gasteiger partial charge >= 0.3 is 12.5 Å². The third-order valence-electron chi connectivity index (χ3n) is 9.51. The number of hydrogen-bond donors (Lipinski definition) is 2. The average molecular weight is 777 g/mol. The van der Waals surface area contributed by atoms with Crippen LogP contribution in [0.3, 0.4) is 0 Å². The molecular weight excluding hydrogens is 737 g/mol. The lowest BCUT2D eigenvalue weighted by atomic mass is 9.89. The van der Waals surface area contributed by atoms with Gasteiger partial charge in [0.05, 0.1) is 12.2 Å². The molecule has 10 nitrogen and oxygen atoms in total. The number of likely N-dealkylation sites (tertiary alicyclic amines) is 1. The summed E-state index contributed by atoms with van der Waals surface area (Å²) in [6.07, 6.45) is -8.90. The maximum absolute atomic E-state index is 13.3. The lowest BCUT2D eigenvalue weighted by Crippen LogP contribution is -2.49. The van der Waals surface area contributed by atoms with Crippen LogP contribution in [-0.4, -0.2) is 99.3 Å². The predicted molar refractivity (Wildman–Crippen MR) is 181 cm³/mol. The van der Waals surface area contributed by atoms with Gasteiger partial charge in [-0.15, -0.1) is 13.2 Å². The van der Waals surface area contributed by atoms with Crippen molar-refractivity contribution in [2.75, 3.05) is 39.5 Å². The van der Waals surface area contributed by atoms with Crippen LogP contribution in [0.15, 0.2) is 40.7 Å². The number of alkyl halides is 7. The normalized spacial score (nSPS) is 19.7. The number of aliphatic imine (C=N–C) groups is 1. The van der Waals surface area contributed by atoms with Gasteiger partial charge in [-0.05, 0) is 99.0 Å². The van der Waals surface area contributed by atoms with Crippen LogP contribution in [0.25, 0.3) is 6.08 Å². The molecule has 0 radical (unpaired) electrons. The molecule has 1 spiro atoms. The highest BCUT2D eigenvalue weighted by Gasteiger charge is 2.47. The van der Waals surface area contributed by atoms with Crippen molar-refractivity contribution in [2.45, 2.75) is 76.1 Å². The number of nitrogens with zero attached hydrogens (tertiary/aromatic N) is 3. The topological polar surface area (TPSA) is 121 Å². The van der Waals surface area contributed by atoms with E-state index in [4.69, 9.17) is 4.74 Å². The predicted octanol–water partition coefficient (Wildman–Crippen LogP) is 5.91. The van der Waals surface area contributed by atoms with Gasteiger partial charge in [-0.3, -0.25) is 14.6 Å². The minimum Gasteiger partial charge on any atom is -0.490 e. The van der Waals surface area contributed by atoms with E-state index in [1.54, 1.807) is 27.4 Å². The van der Waals surface area contributed by atoms with Crippen molar-refractivity contribution in [1.82, 2.24) is 14.5 Å². The number of ether oxygens (including phenoxy) is 2. The Morgan fingerprint density at radius 2 is 1.64 bits per heavy atom. The first-order valence-electron chi connectivity index (χ1n) is 16.8. The molecule has 5 rings (SSSR count). The molecule has 0 aliphatic carbocycles. The fourth-order valence-corrected chi connectivity index (χ4v) is 7.44. The molecule has 290 valence electrons. The Bertz CT molecular complexity index is 1760. The van der Waals surface area contributed by atoms with Crippen LogP contribution in [0, 0.1) is 13.8 Å². The van der Waals surface area contributed by atoms with Crippen molar-refractivity contribution in [3.05, 3.63) is 63.6 Å². The van der Waals surface area contributed by atoms with Crippen LogP contribution in [0.1, 0.15) is 71.1 Å². The van der Waals surface area contributed by atoms with Crippen molar-refractivity contribution in [3.63, 3.8) is 0 Å². The molecule has 0 aromatic heterocycles. The van der Waals surface area contributed by atoms with E-state index in [1.165, 1.54) is 11.5 Å². The molecule has 0 bridgehead atoms. The molecule has 18 heteroatoms. The minimum atomic E-state index is -5.09. The van der Waals surface area contributed by atoms with Crippen molar-refractivity contribution in [2.24, 2.45) is 4.99 Å². The molecule has 0 saturated carbocycles. The summed E-state index contributed by atoms with van der Waals surface area (Å²) >= 11 is 0. The highest BCUT2D eigenvalue weighted by Crippen LogP contribution is 2.36. The third kappa shape index (κ3) is 9.94. The van der Waals surface area contributed by atoms with Crippen molar-refractivity contribution in [1.29, 1.82) is 0 Å². The number of nitrogens with one attached hydrogen (secondary N) is 1. The Hall–Kier alpha value is -4.03. The highest BCUT2D eigenvalue weighted by atomic mass is 32.2. The summed E-state index contributed by atoms with van der Waals surface area (Å²) in [4.78, 5) is 32.4. The molecule has 1 unspecified atom stereocenters. The van der Waals surface area contributed by atoms with E-state index >= 15 is 0 Å². The fraction of sp³-hybridized carbons (Fsp3) is 0.514. The van der Waals surface area contributed by atoms with E-state index in [-0.39, 0.29) is 69.2 Å². The fourth-order valence-electron chi connectivity index (χ4n) is 6.48. The number of halogens is 7. The monoisotopic (exact) mass is 776 g/mol. The van der Waals surface area contributed by atoms with Gasteiger partial charge in [-0.25, -0.2) is 12.9 Å². The number of carbonyl (C=O) groups excluding carboxylic acids is 2. The quantitative estimate of drug-likeness (QED) is 0.217. The first kappa shape index (κ1) is 40.2. The van der Waals surface area contributed by atoms with E-state index in [1.807, 2.05) is 13.8 Å². The lowest BCUT2D eigenvalue weighted by molar-refractivity contribution is -0.275. The molecule has 2 amide bonds. The van der Waals surface area contributed by atoms with Gasteiger partial charge in [0, 0.05) is 49.1 Å². The van der Waals surface area contributed by atoms with E-state index < -0.39 is 78.2 Å². The molecule has 2 aromatic carbocycles. The number of benzene rings is 2. The van der Waals surface area contributed by atoms with Gasteiger partial charge in [0.15, 0.2) is 11.5 Å². The van der Waals surface area contributed by atoms with Crippen LogP contribution in [0.4, 0.5) is 30.7 Å². The molecule has 3 aliphatic rings. The van der Waals surface area contributed by atoms with Gasteiger partial charge in [-0.2, -0.15) is 13.2 Å². The van der Waals surface area contributed by atoms with Crippen LogP contribution < -0.4 is 14.8 Å². The molecule has 2 fully saturated rings. The third-order valence-corrected chi connectivity index (χ3v) is 10.8. The van der Waals surface area contributed by atoms with Gasteiger partial charge in [0.25, 0.3) is 11.8 Å². The second kappa shape index (κ2) is 15.8. The second-order valence-electron chi connectivity index (χ2n) is 13.4. The Morgan fingerprint density at radius 1 is 1.00 bits per heavy atom. The van der Waals surface area contributed by atoms with Crippen LogP contribution in [0.5, 0.6) is 11.5 Å². The zero-order chi connectivity index (χ0) is 38.8. The van der Waals surface area contributed by atoms with E-state index in [0.717, 1.165) is 28.8 Å². The standard InChI is InChI=1S/C35H39F7N4O6S/c1-22-18-25(30(47)45-12-8-32(49,21-36)9-13-45)19-23(2)26(22)6-17-53(50)46-14-10-33(11-15-46)31(48)43-29(44-33)24-4-5-27(52-35(40,41)42)28(20-24)51-16-3-7-34(37,38)39/h4-6,17-20,49H,3,7-16,21H2,1-2H3,(H,43,44,48)/b17-6+. The van der Waals surface area contributed by atoms with Crippen LogP contribution >= 0.6 is 0 Å². The number of amidine groups is 1. The lowest BCUT2D eigenvalue weighted by Gasteiger charge is -2.36. The Morgan fingerprint density at radius 3 is 2.23 bits per heavy atom. The first-order chi connectivity index (χ1) is 24.8. The van der Waals surface area contributed by atoms with Gasteiger partial charge in [-0.1, -0.05) is 0 Å². The number of aryl methyl sites for hydroxylation is 2. The van der Waals surface area contributed by atoms with Gasteiger partial charge in [0.1, 0.15) is 29.0 Å². The summed E-state index contributed by atoms with van der Waals surface area (Å²) < 4.78 is 114. The Kier molecular flexibility index (Phi) is 11.9. The smallest absolute Gasteiger partial charge is 0.490 e. The molecule has 53 heavy (non-hydrogen) atoms. The van der Waals surface area contributed by atoms with Gasteiger partial charge < -0.3 is 24.8 Å². The number of carbonyl (C=O) groups is 2. The number of aliphatic hydroxyl groups is 1. The summed E-state index contributed by atoms with van der Waals surface area (Å²) in [5.41, 5.74) is 0.294. The maximum Gasteiger partial charge on any atom is 0.573 e. The van der Waals surface area contributed by atoms with E-state index in [9.17, 15) is 49.6 Å². The largest absolute Gasteiger partial charge is 0.573 e. The molecule has 2 aromatic rings. The molecular formula is C35H39F7N4O6S. The summed E-state index contributed by atoms with van der Waals surface area (Å²) in [7, 11) is -1.60. The van der Waals surface area contributed by atoms with E-state index in [2.05, 4.69) is 15.0 Å². The zero-order valence-electron chi connectivity index (χ0n) is 28.9. The molecule has 2 saturated heterocycles. The number of hydrogen-bond acceptors (Lipinski definition) is 7. The molecule has 2 N–H and O–H groups in total. The summed E-state index contributed by atoms with van der Waals surface area (Å²) in [6, 6.07) is 6.71. The van der Waals surface area contributed by atoms with Crippen molar-refractivity contribution in [3.8, 4) is 11.5 Å². The van der Waals surface area contributed by atoms with Crippen molar-refractivity contribution >= 4 is 34.7 Å². The molecule has 3 aliphatic heterocycles. The highest BCUT2D eigenvalue weighted by molar-refractivity contribution is 7.85. The first-order valence-corrected chi connectivity index (χ1v) is 18.0. The Balaban J connectivity index is 1.22. The molecule has 1 atom stereocenters. The average Bonchev–Trinajstić information content (AvgIpc) is 3.40. The SMILES string of the molecule is Cc1cc(C(=O)N2CCC(O)(CF)CC2)cc(C)c1/C=C/S(=O)N1CCC2(CC1)N=C(c1ccc(OC(F)(F)F)c(OCCCC(F)(F)F)c1)NC2=O. The number of rotatable bonds is 11. The van der Waals surface area contributed by atoms with Crippen LogP contribution in [-0.2, 0) is 15.8 Å². The number of piperidine rings is 2. The summed E-state index contributed by atoms with van der Waals surface area (Å²) in [6.45, 7) is 3.15. The van der Waals surface area contributed by atoms with E-state index in [0.29, 0.717) is 5.56 Å². The van der Waals surface area contributed by atoms with Crippen LogP contribution in [0.2, 0.25) is 0 Å².